The fourth-order valence-electron chi connectivity index (χ4n) is 4.89. The first-order chi connectivity index (χ1) is 15.1. The van der Waals surface area contributed by atoms with Crippen LogP contribution in [0.15, 0.2) is 48.7 Å². The fourth-order valence-corrected chi connectivity index (χ4v) is 5.80. The second-order valence-corrected chi connectivity index (χ2v) is 9.45. The van der Waals surface area contributed by atoms with E-state index in [4.69, 9.17) is 4.74 Å². The minimum Gasteiger partial charge on any atom is -0.477 e. The normalized spacial score (nSPS) is 22.5. The number of nitrogens with zero attached hydrogens (tertiary/aromatic N) is 3. The molecule has 1 unspecified atom stereocenters. The Bertz CT molecular complexity index is 1070. The summed E-state index contributed by atoms with van der Waals surface area (Å²) in [4.78, 5) is 25.3. The number of aryl methyl sites for hydroxylation is 1. The highest BCUT2D eigenvalue weighted by Gasteiger charge is 2.46. The van der Waals surface area contributed by atoms with Crippen LogP contribution >= 0.6 is 11.3 Å². The van der Waals surface area contributed by atoms with Gasteiger partial charge in [-0.15, -0.1) is 11.3 Å². The first kappa shape index (κ1) is 20.1. The number of hydrogen-bond donors (Lipinski definition) is 0. The Morgan fingerprint density at radius 1 is 1.16 bits per heavy atom. The van der Waals surface area contributed by atoms with E-state index in [1.165, 1.54) is 6.07 Å². The van der Waals surface area contributed by atoms with E-state index < -0.39 is 0 Å². The fraction of sp³-hybridized carbons (Fsp3) is 0.375. The summed E-state index contributed by atoms with van der Waals surface area (Å²) in [6.45, 7) is 2.42. The SMILES string of the molecule is Cc1nc(C(=O)N2C3CC[C@H]2CC[C@@H]3COc2ccc(F)cn2)c(-c2ccccc2)s1. The van der Waals surface area contributed by atoms with Gasteiger partial charge < -0.3 is 9.64 Å². The van der Waals surface area contributed by atoms with Gasteiger partial charge in [-0.3, -0.25) is 4.79 Å². The number of rotatable bonds is 5. The summed E-state index contributed by atoms with van der Waals surface area (Å²) in [5.41, 5.74) is 1.59. The predicted octanol–water partition coefficient (Wildman–Crippen LogP) is 5.11. The molecule has 0 aliphatic carbocycles. The lowest BCUT2D eigenvalue weighted by molar-refractivity contribution is 0.0399. The molecule has 2 aromatic heterocycles. The first-order valence-corrected chi connectivity index (χ1v) is 11.5. The van der Waals surface area contributed by atoms with Gasteiger partial charge in [-0.05, 0) is 44.2 Å². The van der Waals surface area contributed by atoms with E-state index in [0.29, 0.717) is 18.2 Å². The lowest BCUT2D eigenvalue weighted by Gasteiger charge is -2.39. The number of benzene rings is 1. The highest BCUT2D eigenvalue weighted by Crippen LogP contribution is 2.41. The number of fused-ring (bicyclic) bond motifs is 2. The molecule has 2 bridgehead atoms. The van der Waals surface area contributed by atoms with Gasteiger partial charge in [0.15, 0.2) is 0 Å². The van der Waals surface area contributed by atoms with E-state index in [2.05, 4.69) is 14.9 Å². The molecule has 1 aromatic carbocycles. The van der Waals surface area contributed by atoms with Gasteiger partial charge in [-0.25, -0.2) is 14.4 Å². The first-order valence-electron chi connectivity index (χ1n) is 10.7. The van der Waals surface area contributed by atoms with Crippen molar-refractivity contribution in [1.82, 2.24) is 14.9 Å². The monoisotopic (exact) mass is 437 g/mol. The maximum atomic E-state index is 13.7. The van der Waals surface area contributed by atoms with E-state index in [0.717, 1.165) is 47.3 Å². The van der Waals surface area contributed by atoms with E-state index in [-0.39, 0.29) is 29.7 Å². The van der Waals surface area contributed by atoms with Gasteiger partial charge in [0.2, 0.25) is 5.88 Å². The van der Waals surface area contributed by atoms with Crippen LogP contribution in [0.3, 0.4) is 0 Å². The number of carbonyl (C=O) groups is 1. The van der Waals surface area contributed by atoms with Crippen LogP contribution in [-0.4, -0.2) is 39.5 Å². The number of amides is 1. The number of aromatic nitrogens is 2. The summed E-state index contributed by atoms with van der Waals surface area (Å²) in [5.74, 6) is 0.295. The Morgan fingerprint density at radius 3 is 2.74 bits per heavy atom. The molecule has 3 aromatic rings. The molecule has 1 amide bonds. The zero-order valence-electron chi connectivity index (χ0n) is 17.3. The van der Waals surface area contributed by atoms with Crippen LogP contribution in [0.1, 0.15) is 41.2 Å². The van der Waals surface area contributed by atoms with Crippen molar-refractivity contribution in [2.75, 3.05) is 6.61 Å². The molecule has 5 nitrogen and oxygen atoms in total. The van der Waals surface area contributed by atoms with Gasteiger partial charge in [0.1, 0.15) is 11.5 Å². The Balaban J connectivity index is 1.37. The molecule has 31 heavy (non-hydrogen) atoms. The molecule has 7 heteroatoms. The Labute approximate surface area is 184 Å². The minimum absolute atomic E-state index is 0.0281. The van der Waals surface area contributed by atoms with Crippen LogP contribution in [0.2, 0.25) is 0 Å². The van der Waals surface area contributed by atoms with Crippen molar-refractivity contribution >= 4 is 17.2 Å². The highest BCUT2D eigenvalue weighted by atomic mass is 32.1. The highest BCUT2D eigenvalue weighted by molar-refractivity contribution is 7.15. The van der Waals surface area contributed by atoms with Crippen LogP contribution in [0, 0.1) is 18.7 Å². The van der Waals surface area contributed by atoms with Crippen molar-refractivity contribution in [2.45, 2.75) is 44.7 Å². The van der Waals surface area contributed by atoms with Gasteiger partial charge in [-0.1, -0.05) is 30.3 Å². The summed E-state index contributed by atoms with van der Waals surface area (Å²) >= 11 is 1.57. The van der Waals surface area contributed by atoms with E-state index in [1.807, 2.05) is 37.3 Å². The number of ether oxygens (including phenoxy) is 1. The molecule has 3 atom stereocenters. The second kappa shape index (κ2) is 8.38. The third-order valence-corrected chi connectivity index (χ3v) is 7.33. The average Bonchev–Trinajstić information content (AvgIpc) is 3.33. The lowest BCUT2D eigenvalue weighted by atomic mass is 9.90. The van der Waals surface area contributed by atoms with E-state index >= 15 is 0 Å². The number of pyridine rings is 1. The molecular weight excluding hydrogens is 413 g/mol. The van der Waals surface area contributed by atoms with Crippen molar-refractivity contribution in [3.63, 3.8) is 0 Å². The van der Waals surface area contributed by atoms with Crippen LogP contribution in [0.4, 0.5) is 4.39 Å². The third-order valence-electron chi connectivity index (χ3n) is 6.31. The smallest absolute Gasteiger partial charge is 0.274 e. The van der Waals surface area contributed by atoms with Crippen LogP contribution in [0.5, 0.6) is 5.88 Å². The topological polar surface area (TPSA) is 55.3 Å². The van der Waals surface area contributed by atoms with Crippen molar-refractivity contribution in [3.8, 4) is 16.3 Å². The average molecular weight is 438 g/mol. The molecule has 4 heterocycles. The number of piperidine rings is 1. The maximum Gasteiger partial charge on any atom is 0.274 e. The standard InChI is InChI=1S/C24H24FN3O2S/c1-15-27-22(23(31-15)16-5-3-2-4-6-16)24(29)28-19-9-7-17(20(28)11-10-19)14-30-21-12-8-18(25)13-26-21/h2-6,8,12-13,17,19-20H,7,9-11,14H2,1H3/t17-,19-,20?/m1/s1. The summed E-state index contributed by atoms with van der Waals surface area (Å²) in [7, 11) is 0. The van der Waals surface area contributed by atoms with Gasteiger partial charge in [0, 0.05) is 24.1 Å². The van der Waals surface area contributed by atoms with Gasteiger partial charge in [-0.2, -0.15) is 0 Å². The molecule has 0 radical (unpaired) electrons. The Morgan fingerprint density at radius 2 is 1.97 bits per heavy atom. The molecule has 2 aliphatic heterocycles. The second-order valence-electron chi connectivity index (χ2n) is 8.25. The van der Waals surface area contributed by atoms with E-state index in [1.54, 1.807) is 17.4 Å². The Hall–Kier alpha value is -2.80. The quantitative estimate of drug-likeness (QED) is 0.556. The maximum absolute atomic E-state index is 13.7. The lowest BCUT2D eigenvalue weighted by Crippen LogP contribution is -2.49. The van der Waals surface area contributed by atoms with Crippen molar-refractivity contribution in [2.24, 2.45) is 5.92 Å². The molecule has 2 aliphatic rings. The van der Waals surface area contributed by atoms with Crippen LogP contribution in [0.25, 0.3) is 10.4 Å². The zero-order valence-corrected chi connectivity index (χ0v) is 18.1. The number of carbonyl (C=O) groups excluding carboxylic acids is 1. The molecule has 5 rings (SSSR count). The zero-order chi connectivity index (χ0) is 21.4. The Kier molecular flexibility index (Phi) is 5.44. The van der Waals surface area contributed by atoms with Crippen LogP contribution < -0.4 is 4.74 Å². The summed E-state index contributed by atoms with van der Waals surface area (Å²) in [5, 5.41) is 0.897. The summed E-state index contributed by atoms with van der Waals surface area (Å²) in [6.07, 6.45) is 5.14. The minimum atomic E-state index is -0.381. The molecule has 0 saturated carbocycles. The van der Waals surface area contributed by atoms with Gasteiger partial charge >= 0.3 is 0 Å². The largest absolute Gasteiger partial charge is 0.477 e. The number of thiazole rings is 1. The summed E-state index contributed by atoms with van der Waals surface area (Å²) in [6, 6.07) is 13.3. The molecular formula is C24H24FN3O2S. The third kappa shape index (κ3) is 3.94. The van der Waals surface area contributed by atoms with Crippen LogP contribution in [-0.2, 0) is 0 Å². The van der Waals surface area contributed by atoms with Crippen molar-refractivity contribution in [1.29, 1.82) is 0 Å². The van der Waals surface area contributed by atoms with Gasteiger partial charge in [0.25, 0.3) is 5.91 Å². The molecule has 2 fully saturated rings. The molecule has 160 valence electrons. The molecule has 2 saturated heterocycles. The predicted molar refractivity (Wildman–Crippen MR) is 118 cm³/mol. The molecule has 0 N–H and O–H groups in total. The van der Waals surface area contributed by atoms with Crippen molar-refractivity contribution < 1.29 is 13.9 Å². The number of hydrogen-bond acceptors (Lipinski definition) is 5. The van der Waals surface area contributed by atoms with Crippen molar-refractivity contribution in [3.05, 3.63) is 65.2 Å². The number of halogens is 1. The summed E-state index contributed by atoms with van der Waals surface area (Å²) < 4.78 is 18.9. The molecule has 0 spiro atoms. The van der Waals surface area contributed by atoms with Gasteiger partial charge in [0.05, 0.1) is 22.7 Å². The van der Waals surface area contributed by atoms with E-state index in [9.17, 15) is 9.18 Å².